The average molecular weight is 256 g/mol. The molecule has 0 saturated heterocycles. The molecule has 0 aromatic carbocycles. The fourth-order valence-corrected chi connectivity index (χ4v) is 3.33. The summed E-state index contributed by atoms with van der Waals surface area (Å²) >= 11 is 0. The molecule has 0 spiro atoms. The first kappa shape index (κ1) is 15.9. The van der Waals surface area contributed by atoms with Gasteiger partial charge in [0.15, 0.2) is 0 Å². The van der Waals surface area contributed by atoms with Gasteiger partial charge in [0.2, 0.25) is 0 Å². The molecular formula is C15H32N2O. The van der Waals surface area contributed by atoms with Crippen LogP contribution in [-0.4, -0.2) is 43.8 Å². The molecule has 0 atom stereocenters. The highest BCUT2D eigenvalue weighted by Crippen LogP contribution is 2.37. The Hall–Kier alpha value is -0.120. The fraction of sp³-hybridized carbons (Fsp3) is 1.00. The van der Waals surface area contributed by atoms with Gasteiger partial charge in [-0.15, -0.1) is 0 Å². The number of rotatable bonds is 8. The van der Waals surface area contributed by atoms with Gasteiger partial charge < -0.3 is 10.5 Å². The number of methoxy groups -OCH3 is 1. The monoisotopic (exact) mass is 256 g/mol. The second-order valence-electron chi connectivity index (χ2n) is 5.76. The fourth-order valence-electron chi connectivity index (χ4n) is 3.33. The van der Waals surface area contributed by atoms with E-state index in [0.29, 0.717) is 0 Å². The van der Waals surface area contributed by atoms with Gasteiger partial charge in [0.25, 0.3) is 0 Å². The van der Waals surface area contributed by atoms with Gasteiger partial charge >= 0.3 is 0 Å². The van der Waals surface area contributed by atoms with Gasteiger partial charge in [0, 0.05) is 25.7 Å². The smallest absolute Gasteiger partial charge is 0.0589 e. The largest absolute Gasteiger partial charge is 0.383 e. The predicted molar refractivity (Wildman–Crippen MR) is 77.8 cm³/mol. The van der Waals surface area contributed by atoms with Gasteiger partial charge in [-0.05, 0) is 44.6 Å². The quantitative estimate of drug-likeness (QED) is 0.725. The summed E-state index contributed by atoms with van der Waals surface area (Å²) in [5.41, 5.74) is 6.40. The average Bonchev–Trinajstić information content (AvgIpc) is 2.43. The summed E-state index contributed by atoms with van der Waals surface area (Å²) in [6.45, 7) is 8.36. The summed E-state index contributed by atoms with van der Waals surface area (Å²) in [7, 11) is 1.78. The third-order valence-electron chi connectivity index (χ3n) is 4.72. The highest BCUT2D eigenvalue weighted by atomic mass is 16.5. The van der Waals surface area contributed by atoms with E-state index in [1.54, 1.807) is 7.11 Å². The first-order valence-electron chi connectivity index (χ1n) is 7.66. The number of ether oxygens (including phenoxy) is 1. The molecule has 1 aliphatic rings. The lowest BCUT2D eigenvalue weighted by molar-refractivity contribution is 0.0220. The van der Waals surface area contributed by atoms with Crippen molar-refractivity contribution in [1.29, 1.82) is 0 Å². The van der Waals surface area contributed by atoms with Crippen LogP contribution in [0.5, 0.6) is 0 Å². The Labute approximate surface area is 113 Å². The van der Waals surface area contributed by atoms with Gasteiger partial charge in [-0.1, -0.05) is 20.3 Å². The van der Waals surface area contributed by atoms with Crippen molar-refractivity contribution in [3.63, 3.8) is 0 Å². The van der Waals surface area contributed by atoms with Gasteiger partial charge in [-0.25, -0.2) is 0 Å². The molecule has 0 aromatic heterocycles. The van der Waals surface area contributed by atoms with E-state index in [2.05, 4.69) is 18.7 Å². The second-order valence-corrected chi connectivity index (χ2v) is 5.76. The lowest BCUT2D eigenvalue weighted by Crippen LogP contribution is -2.56. The van der Waals surface area contributed by atoms with Crippen LogP contribution in [0.15, 0.2) is 0 Å². The number of nitrogens with two attached hydrogens (primary N) is 1. The Morgan fingerprint density at radius 1 is 1.22 bits per heavy atom. The van der Waals surface area contributed by atoms with Crippen LogP contribution in [0.2, 0.25) is 0 Å². The van der Waals surface area contributed by atoms with E-state index in [4.69, 9.17) is 10.5 Å². The highest BCUT2D eigenvalue weighted by molar-refractivity contribution is 4.95. The summed E-state index contributed by atoms with van der Waals surface area (Å²) in [4.78, 5) is 2.60. The van der Waals surface area contributed by atoms with Gasteiger partial charge in [0.1, 0.15) is 0 Å². The Kier molecular flexibility index (Phi) is 7.20. The number of hydrogen-bond acceptors (Lipinski definition) is 3. The summed E-state index contributed by atoms with van der Waals surface area (Å²) in [6, 6.07) is 0. The maximum atomic E-state index is 6.15. The van der Waals surface area contributed by atoms with Crippen LogP contribution < -0.4 is 5.73 Å². The van der Waals surface area contributed by atoms with Crippen molar-refractivity contribution >= 4 is 0 Å². The van der Waals surface area contributed by atoms with Gasteiger partial charge in [0.05, 0.1) is 6.61 Å². The van der Waals surface area contributed by atoms with Crippen LogP contribution in [0.25, 0.3) is 0 Å². The molecule has 0 bridgehead atoms. The van der Waals surface area contributed by atoms with Crippen molar-refractivity contribution in [3.8, 4) is 0 Å². The normalized spacial score (nSPS) is 28.8. The zero-order chi connectivity index (χ0) is 13.4. The first-order chi connectivity index (χ1) is 8.72. The molecule has 18 heavy (non-hydrogen) atoms. The SMILES string of the molecule is CCCN(CCOC)C1(CN)CCC(CC)CC1. The Bertz CT molecular complexity index is 213. The standard InChI is InChI=1S/C15H32N2O/c1-4-10-17(11-12-18-3)15(13-16)8-6-14(5-2)7-9-15/h14H,4-13,16H2,1-3H3. The van der Waals surface area contributed by atoms with E-state index in [9.17, 15) is 0 Å². The molecule has 3 nitrogen and oxygen atoms in total. The lowest BCUT2D eigenvalue weighted by atomic mass is 9.74. The molecular weight excluding hydrogens is 224 g/mol. The Morgan fingerprint density at radius 2 is 1.89 bits per heavy atom. The molecule has 0 heterocycles. The van der Waals surface area contributed by atoms with Crippen LogP contribution in [-0.2, 0) is 4.74 Å². The van der Waals surface area contributed by atoms with Crippen LogP contribution >= 0.6 is 0 Å². The molecule has 3 heteroatoms. The van der Waals surface area contributed by atoms with Gasteiger partial charge in [-0.2, -0.15) is 0 Å². The first-order valence-corrected chi connectivity index (χ1v) is 7.66. The van der Waals surface area contributed by atoms with E-state index >= 15 is 0 Å². The van der Waals surface area contributed by atoms with E-state index in [-0.39, 0.29) is 5.54 Å². The number of nitrogens with zero attached hydrogens (tertiary/aromatic N) is 1. The Balaban J connectivity index is 2.64. The molecule has 0 radical (unpaired) electrons. The van der Waals surface area contributed by atoms with Crippen LogP contribution in [0.1, 0.15) is 52.4 Å². The topological polar surface area (TPSA) is 38.5 Å². The molecule has 0 aliphatic heterocycles. The molecule has 1 saturated carbocycles. The molecule has 1 rings (SSSR count). The zero-order valence-electron chi connectivity index (χ0n) is 12.6. The molecule has 1 aliphatic carbocycles. The molecule has 108 valence electrons. The van der Waals surface area contributed by atoms with Crippen LogP contribution in [0, 0.1) is 5.92 Å². The summed E-state index contributed by atoms with van der Waals surface area (Å²) in [5, 5.41) is 0. The van der Waals surface area contributed by atoms with Crippen molar-refractivity contribution in [2.24, 2.45) is 11.7 Å². The number of hydrogen-bond donors (Lipinski definition) is 1. The zero-order valence-corrected chi connectivity index (χ0v) is 12.6. The van der Waals surface area contributed by atoms with Gasteiger partial charge in [-0.3, -0.25) is 4.90 Å². The van der Waals surface area contributed by atoms with E-state index in [0.717, 1.165) is 32.2 Å². The summed E-state index contributed by atoms with van der Waals surface area (Å²) in [5.74, 6) is 0.926. The minimum absolute atomic E-state index is 0.250. The molecule has 0 unspecified atom stereocenters. The van der Waals surface area contributed by atoms with E-state index in [1.807, 2.05) is 0 Å². The lowest BCUT2D eigenvalue weighted by Gasteiger charge is -2.47. The van der Waals surface area contributed by atoms with Crippen molar-refractivity contribution in [1.82, 2.24) is 4.90 Å². The minimum atomic E-state index is 0.250. The maximum Gasteiger partial charge on any atom is 0.0589 e. The van der Waals surface area contributed by atoms with Crippen LogP contribution in [0.4, 0.5) is 0 Å². The second kappa shape index (κ2) is 8.13. The molecule has 0 aromatic rings. The Morgan fingerprint density at radius 3 is 2.33 bits per heavy atom. The van der Waals surface area contributed by atoms with Crippen molar-refractivity contribution in [2.75, 3.05) is 33.4 Å². The van der Waals surface area contributed by atoms with E-state index < -0.39 is 0 Å². The predicted octanol–water partition coefficient (Wildman–Crippen LogP) is 2.64. The van der Waals surface area contributed by atoms with Crippen molar-refractivity contribution in [2.45, 2.75) is 57.9 Å². The van der Waals surface area contributed by atoms with Crippen LogP contribution in [0.3, 0.4) is 0 Å². The third kappa shape index (κ3) is 3.94. The van der Waals surface area contributed by atoms with Crippen molar-refractivity contribution in [3.05, 3.63) is 0 Å². The molecule has 0 amide bonds. The minimum Gasteiger partial charge on any atom is -0.383 e. The maximum absolute atomic E-state index is 6.15. The molecule has 1 fully saturated rings. The highest BCUT2D eigenvalue weighted by Gasteiger charge is 2.38. The van der Waals surface area contributed by atoms with Crippen molar-refractivity contribution < 1.29 is 4.74 Å². The summed E-state index contributed by atoms with van der Waals surface area (Å²) in [6.07, 6.45) is 7.76. The summed E-state index contributed by atoms with van der Waals surface area (Å²) < 4.78 is 5.26. The van der Waals surface area contributed by atoms with E-state index in [1.165, 1.54) is 38.5 Å². The third-order valence-corrected chi connectivity index (χ3v) is 4.72. The molecule has 2 N–H and O–H groups in total.